The van der Waals surface area contributed by atoms with Gasteiger partial charge in [0.05, 0.1) is 6.04 Å². The average molecular weight is 282 g/mol. The van der Waals surface area contributed by atoms with Gasteiger partial charge in [0.2, 0.25) is 0 Å². The predicted molar refractivity (Wildman–Crippen MR) is 84.2 cm³/mol. The Kier molecular flexibility index (Phi) is 2.82. The minimum absolute atomic E-state index is 0.380. The molecule has 1 nitrogen and oxygen atoms in total. The number of rotatable bonds is 1. The largest absolute Gasteiger partial charge is 0.378 e. The first kappa shape index (κ1) is 12.0. The van der Waals surface area contributed by atoms with Crippen LogP contribution in [0.3, 0.4) is 0 Å². The Balaban J connectivity index is 1.80. The lowest BCUT2D eigenvalue weighted by Crippen LogP contribution is -2.28. The highest BCUT2D eigenvalue weighted by Gasteiger charge is 2.37. The van der Waals surface area contributed by atoms with Gasteiger partial charge in [-0.1, -0.05) is 54.1 Å². The van der Waals surface area contributed by atoms with Crippen molar-refractivity contribution in [1.82, 2.24) is 0 Å². The van der Waals surface area contributed by atoms with Crippen LogP contribution in [-0.2, 0) is 0 Å². The van der Waals surface area contributed by atoms with Crippen LogP contribution in [0.1, 0.15) is 29.5 Å². The van der Waals surface area contributed by atoms with Gasteiger partial charge in [0.1, 0.15) is 0 Å². The molecule has 0 bridgehead atoms. The van der Waals surface area contributed by atoms with Gasteiger partial charge in [-0.25, -0.2) is 0 Å². The Morgan fingerprint density at radius 1 is 1.05 bits per heavy atom. The molecule has 0 unspecified atom stereocenters. The predicted octanol–water partition coefficient (Wildman–Crippen LogP) is 5.17. The van der Waals surface area contributed by atoms with Crippen LogP contribution in [0.4, 0.5) is 5.69 Å². The minimum Gasteiger partial charge on any atom is -0.378 e. The van der Waals surface area contributed by atoms with E-state index in [9.17, 15) is 0 Å². The van der Waals surface area contributed by atoms with Crippen molar-refractivity contribution < 1.29 is 0 Å². The standard InChI is InChI=1S/C18H16ClN/c19-13-9-10-17-16(11-13)14-7-4-8-15(14)18(20-17)12-5-2-1-3-6-12/h1-7,9-11,14-15,18,20H,8H2/t14-,15-,18+/m1/s1. The van der Waals surface area contributed by atoms with Crippen molar-refractivity contribution in [3.05, 3.63) is 76.8 Å². The quantitative estimate of drug-likeness (QED) is 0.711. The highest BCUT2D eigenvalue weighted by Crippen LogP contribution is 2.50. The van der Waals surface area contributed by atoms with Crippen molar-refractivity contribution in [2.75, 3.05) is 5.32 Å². The van der Waals surface area contributed by atoms with Crippen molar-refractivity contribution in [3.63, 3.8) is 0 Å². The number of hydrogen-bond donors (Lipinski definition) is 1. The zero-order valence-corrected chi connectivity index (χ0v) is 11.8. The number of nitrogens with one attached hydrogen (secondary N) is 1. The number of hydrogen-bond acceptors (Lipinski definition) is 1. The summed E-state index contributed by atoms with van der Waals surface area (Å²) in [6.07, 6.45) is 5.78. The van der Waals surface area contributed by atoms with Crippen molar-refractivity contribution in [1.29, 1.82) is 0 Å². The van der Waals surface area contributed by atoms with Crippen LogP contribution < -0.4 is 5.32 Å². The van der Waals surface area contributed by atoms with Gasteiger partial charge in [-0.3, -0.25) is 0 Å². The lowest BCUT2D eigenvalue weighted by atomic mass is 9.77. The molecule has 0 saturated heterocycles. The van der Waals surface area contributed by atoms with Gasteiger partial charge in [0.15, 0.2) is 0 Å². The van der Waals surface area contributed by atoms with Crippen LogP contribution in [0.25, 0.3) is 0 Å². The molecular formula is C18H16ClN. The number of allylic oxidation sites excluding steroid dienone is 2. The molecular weight excluding hydrogens is 266 g/mol. The third kappa shape index (κ3) is 1.85. The van der Waals surface area contributed by atoms with Crippen molar-refractivity contribution in [3.8, 4) is 0 Å². The highest BCUT2D eigenvalue weighted by molar-refractivity contribution is 6.30. The summed E-state index contributed by atoms with van der Waals surface area (Å²) in [5.74, 6) is 1.07. The normalized spacial score (nSPS) is 26.8. The van der Waals surface area contributed by atoms with E-state index in [0.717, 1.165) is 11.4 Å². The fourth-order valence-electron chi connectivity index (χ4n) is 3.56. The van der Waals surface area contributed by atoms with Crippen LogP contribution in [0.5, 0.6) is 0 Å². The molecule has 4 rings (SSSR count). The molecule has 0 aromatic heterocycles. The number of halogens is 1. The Morgan fingerprint density at radius 3 is 2.75 bits per heavy atom. The summed E-state index contributed by atoms with van der Waals surface area (Å²) in [5, 5.41) is 4.54. The second-order valence-electron chi connectivity index (χ2n) is 5.62. The molecule has 2 aromatic rings. The lowest BCUT2D eigenvalue weighted by molar-refractivity contribution is 0.425. The molecule has 1 aliphatic heterocycles. The molecule has 1 heterocycles. The van der Waals surface area contributed by atoms with Crippen molar-refractivity contribution >= 4 is 17.3 Å². The van der Waals surface area contributed by atoms with Gasteiger partial charge >= 0.3 is 0 Å². The van der Waals surface area contributed by atoms with Crippen LogP contribution in [0.2, 0.25) is 5.02 Å². The maximum absolute atomic E-state index is 6.17. The third-order valence-electron chi connectivity index (χ3n) is 4.48. The fraction of sp³-hybridized carbons (Fsp3) is 0.222. The molecule has 0 spiro atoms. The summed E-state index contributed by atoms with van der Waals surface area (Å²) in [5.41, 5.74) is 3.92. The van der Waals surface area contributed by atoms with Gasteiger partial charge < -0.3 is 5.32 Å². The molecule has 0 radical (unpaired) electrons. The van der Waals surface area contributed by atoms with Crippen LogP contribution in [0, 0.1) is 5.92 Å². The van der Waals surface area contributed by atoms with E-state index in [1.165, 1.54) is 16.8 Å². The number of benzene rings is 2. The molecule has 20 heavy (non-hydrogen) atoms. The van der Waals surface area contributed by atoms with Gasteiger partial charge in [0.25, 0.3) is 0 Å². The molecule has 1 N–H and O–H groups in total. The summed E-state index contributed by atoms with van der Waals surface area (Å²) < 4.78 is 0. The molecule has 1 aliphatic carbocycles. The van der Waals surface area contributed by atoms with E-state index in [4.69, 9.17) is 11.6 Å². The van der Waals surface area contributed by atoms with Gasteiger partial charge in [-0.2, -0.15) is 0 Å². The SMILES string of the molecule is Clc1ccc2c(c1)[C@@H]1C=CC[C@H]1[C@H](c1ccccc1)N2. The van der Waals surface area contributed by atoms with Gasteiger partial charge in [-0.05, 0) is 41.7 Å². The van der Waals surface area contributed by atoms with E-state index in [-0.39, 0.29) is 0 Å². The first-order chi connectivity index (χ1) is 9.83. The van der Waals surface area contributed by atoms with Crippen molar-refractivity contribution in [2.45, 2.75) is 18.4 Å². The van der Waals surface area contributed by atoms with E-state index >= 15 is 0 Å². The monoisotopic (exact) mass is 281 g/mol. The zero-order valence-electron chi connectivity index (χ0n) is 11.1. The lowest BCUT2D eigenvalue weighted by Gasteiger charge is -2.37. The van der Waals surface area contributed by atoms with Gasteiger partial charge in [-0.15, -0.1) is 0 Å². The molecule has 2 aromatic carbocycles. The summed E-state index contributed by atoms with van der Waals surface area (Å²) in [4.78, 5) is 0. The average Bonchev–Trinajstić information content (AvgIpc) is 2.97. The fourth-order valence-corrected chi connectivity index (χ4v) is 3.74. The maximum Gasteiger partial charge on any atom is 0.0553 e. The number of anilines is 1. The molecule has 0 saturated carbocycles. The molecule has 2 aliphatic rings. The van der Waals surface area contributed by atoms with E-state index in [0.29, 0.717) is 17.9 Å². The van der Waals surface area contributed by atoms with Gasteiger partial charge in [0, 0.05) is 16.6 Å². The number of fused-ring (bicyclic) bond motifs is 3. The van der Waals surface area contributed by atoms with Crippen molar-refractivity contribution in [2.24, 2.45) is 5.92 Å². The maximum atomic E-state index is 6.17. The van der Waals surface area contributed by atoms with Crippen LogP contribution >= 0.6 is 11.6 Å². The second-order valence-corrected chi connectivity index (χ2v) is 6.05. The van der Waals surface area contributed by atoms with E-state index in [1.807, 2.05) is 6.07 Å². The first-order valence-corrected chi connectivity index (χ1v) is 7.48. The molecule has 0 fully saturated rings. The topological polar surface area (TPSA) is 12.0 Å². The summed E-state index contributed by atoms with van der Waals surface area (Å²) in [6.45, 7) is 0. The second kappa shape index (κ2) is 4.68. The Bertz CT molecular complexity index is 662. The summed E-state index contributed by atoms with van der Waals surface area (Å²) >= 11 is 6.17. The van der Waals surface area contributed by atoms with E-state index in [1.54, 1.807) is 0 Å². The van der Waals surface area contributed by atoms with Crippen LogP contribution in [-0.4, -0.2) is 0 Å². The molecule has 100 valence electrons. The highest BCUT2D eigenvalue weighted by atomic mass is 35.5. The zero-order chi connectivity index (χ0) is 13.5. The molecule has 0 amide bonds. The van der Waals surface area contributed by atoms with E-state index < -0.39 is 0 Å². The Morgan fingerprint density at radius 2 is 1.90 bits per heavy atom. The Labute approximate surface area is 124 Å². The first-order valence-electron chi connectivity index (χ1n) is 7.10. The van der Waals surface area contributed by atoms with E-state index in [2.05, 4.69) is 59.9 Å². The third-order valence-corrected chi connectivity index (χ3v) is 4.72. The summed E-state index contributed by atoms with van der Waals surface area (Å²) in [6, 6.07) is 17.3. The smallest absolute Gasteiger partial charge is 0.0553 e. The minimum atomic E-state index is 0.380. The summed E-state index contributed by atoms with van der Waals surface area (Å²) in [7, 11) is 0. The van der Waals surface area contributed by atoms with Crippen LogP contribution in [0.15, 0.2) is 60.7 Å². The Hall–Kier alpha value is -1.73. The molecule has 2 heteroatoms. The molecule has 3 atom stereocenters.